The molecule has 2 aliphatic rings. The summed E-state index contributed by atoms with van der Waals surface area (Å²) in [6, 6.07) is 13.3. The van der Waals surface area contributed by atoms with Gasteiger partial charge in [-0.1, -0.05) is 38.5 Å². The Bertz CT molecular complexity index is 1390. The molecule has 1 aliphatic heterocycles. The number of aromatic nitrogens is 2. The topological polar surface area (TPSA) is 75.4 Å². The molecule has 0 amide bonds. The van der Waals surface area contributed by atoms with Crippen LogP contribution in [0.2, 0.25) is 0 Å². The van der Waals surface area contributed by atoms with E-state index in [2.05, 4.69) is 25.9 Å². The molecule has 0 bridgehead atoms. The zero-order valence-electron chi connectivity index (χ0n) is 20.2. The van der Waals surface area contributed by atoms with Gasteiger partial charge in [0.05, 0.1) is 29.1 Å². The minimum atomic E-state index is -3.70. The molecule has 8 heteroatoms. The van der Waals surface area contributed by atoms with Crippen molar-refractivity contribution in [3.8, 4) is 5.69 Å². The van der Waals surface area contributed by atoms with E-state index in [4.69, 9.17) is 0 Å². The molecule has 0 spiro atoms. The van der Waals surface area contributed by atoms with Crippen molar-refractivity contribution in [1.29, 1.82) is 0 Å². The fourth-order valence-electron chi connectivity index (χ4n) is 5.11. The predicted octanol–water partition coefficient (Wildman–Crippen LogP) is 4.32. The fourth-order valence-corrected chi connectivity index (χ4v) is 6.64. The molecule has 6 nitrogen and oxygen atoms in total. The molecule has 0 radical (unpaired) electrons. The lowest BCUT2D eigenvalue weighted by Gasteiger charge is -2.45. The molecule has 1 atom stereocenters. The predicted molar refractivity (Wildman–Crippen MR) is 133 cm³/mol. The van der Waals surface area contributed by atoms with Crippen molar-refractivity contribution >= 4 is 16.1 Å². The summed E-state index contributed by atoms with van der Waals surface area (Å²) in [6.45, 7) is 6.67. The van der Waals surface area contributed by atoms with Gasteiger partial charge < -0.3 is 5.11 Å². The van der Waals surface area contributed by atoms with Crippen molar-refractivity contribution in [2.24, 2.45) is 5.41 Å². The van der Waals surface area contributed by atoms with E-state index in [0.29, 0.717) is 19.4 Å². The molecule has 1 saturated heterocycles. The van der Waals surface area contributed by atoms with E-state index in [0.717, 1.165) is 28.1 Å². The van der Waals surface area contributed by atoms with Crippen LogP contribution in [0.25, 0.3) is 11.8 Å². The molecule has 3 aromatic rings. The number of sulfonamides is 1. The Hall–Kier alpha value is -2.81. The second kappa shape index (κ2) is 8.40. The smallest absolute Gasteiger partial charge is 0.243 e. The number of aliphatic hydroxyl groups is 1. The van der Waals surface area contributed by atoms with Crippen molar-refractivity contribution in [3.05, 3.63) is 82.9 Å². The lowest BCUT2D eigenvalue weighted by Crippen LogP contribution is -2.51. The molecule has 1 N–H and O–H groups in total. The summed E-state index contributed by atoms with van der Waals surface area (Å²) >= 11 is 0. The SMILES string of the molecule is CC(C)(C)c1ccc(S(=O)(=O)N2CCC3=Cc4c(cnn4-c4ccc(F)cc4)CC3(CO)C2)cc1. The average Bonchev–Trinajstić information content (AvgIpc) is 3.24. The summed E-state index contributed by atoms with van der Waals surface area (Å²) in [5, 5.41) is 15.0. The summed E-state index contributed by atoms with van der Waals surface area (Å²) in [5.41, 5.74) is 3.91. The van der Waals surface area contributed by atoms with Gasteiger partial charge >= 0.3 is 0 Å². The molecular weight excluding hydrogens is 465 g/mol. The Morgan fingerprint density at radius 2 is 1.77 bits per heavy atom. The molecule has 184 valence electrons. The van der Waals surface area contributed by atoms with E-state index in [9.17, 15) is 17.9 Å². The van der Waals surface area contributed by atoms with Crippen LogP contribution in [0, 0.1) is 11.2 Å². The van der Waals surface area contributed by atoms with Gasteiger partial charge in [-0.2, -0.15) is 9.40 Å². The molecule has 35 heavy (non-hydrogen) atoms. The lowest BCUT2D eigenvalue weighted by molar-refractivity contribution is 0.111. The Labute approximate surface area is 205 Å². The second-order valence-corrected chi connectivity index (χ2v) is 12.5. The quantitative estimate of drug-likeness (QED) is 0.585. The maximum atomic E-state index is 13.5. The normalized spacial score (nSPS) is 20.8. The summed E-state index contributed by atoms with van der Waals surface area (Å²) in [6.07, 6.45) is 4.78. The molecule has 2 aromatic carbocycles. The van der Waals surface area contributed by atoms with Gasteiger partial charge in [0.2, 0.25) is 10.0 Å². The number of piperidine rings is 1. The molecule has 1 aromatic heterocycles. The monoisotopic (exact) mass is 495 g/mol. The van der Waals surface area contributed by atoms with Crippen molar-refractivity contribution in [1.82, 2.24) is 14.1 Å². The van der Waals surface area contributed by atoms with Crippen LogP contribution in [-0.4, -0.2) is 47.3 Å². The van der Waals surface area contributed by atoms with E-state index in [-0.39, 0.29) is 29.3 Å². The molecule has 1 fully saturated rings. The van der Waals surface area contributed by atoms with Crippen LogP contribution in [0.15, 0.2) is 65.2 Å². The van der Waals surface area contributed by atoms with Crippen molar-refractivity contribution in [2.75, 3.05) is 19.7 Å². The number of benzene rings is 2. The number of nitrogens with zero attached hydrogens (tertiary/aromatic N) is 3. The van der Waals surface area contributed by atoms with Crippen LogP contribution < -0.4 is 0 Å². The third-order valence-corrected chi connectivity index (χ3v) is 9.11. The summed E-state index contributed by atoms with van der Waals surface area (Å²) in [4.78, 5) is 0.270. The third-order valence-electron chi connectivity index (χ3n) is 7.25. The van der Waals surface area contributed by atoms with Crippen LogP contribution in [0.1, 0.15) is 44.0 Å². The first kappa shape index (κ1) is 23.9. The average molecular weight is 496 g/mol. The highest BCUT2D eigenvalue weighted by molar-refractivity contribution is 7.89. The van der Waals surface area contributed by atoms with Gasteiger partial charge in [-0.3, -0.25) is 0 Å². The maximum absolute atomic E-state index is 13.5. The maximum Gasteiger partial charge on any atom is 0.243 e. The molecule has 5 rings (SSSR count). The van der Waals surface area contributed by atoms with Crippen LogP contribution >= 0.6 is 0 Å². The van der Waals surface area contributed by atoms with Gasteiger partial charge in [0, 0.05) is 18.5 Å². The molecule has 0 saturated carbocycles. The molecular formula is C27H30FN3O3S. The van der Waals surface area contributed by atoms with Crippen molar-refractivity contribution in [3.63, 3.8) is 0 Å². The van der Waals surface area contributed by atoms with Crippen LogP contribution in [0.4, 0.5) is 4.39 Å². The van der Waals surface area contributed by atoms with Crippen molar-refractivity contribution < 1.29 is 17.9 Å². The molecule has 2 heterocycles. The van der Waals surface area contributed by atoms with E-state index in [1.165, 1.54) is 16.4 Å². The highest BCUT2D eigenvalue weighted by atomic mass is 32.2. The van der Waals surface area contributed by atoms with Crippen molar-refractivity contribution in [2.45, 2.75) is 43.9 Å². The van der Waals surface area contributed by atoms with E-state index in [1.807, 2.05) is 18.2 Å². The number of hydrogen-bond donors (Lipinski definition) is 1. The van der Waals surface area contributed by atoms with Gasteiger partial charge in [0.25, 0.3) is 0 Å². The van der Waals surface area contributed by atoms with Gasteiger partial charge in [0.15, 0.2) is 0 Å². The lowest BCUT2D eigenvalue weighted by atomic mass is 9.69. The van der Waals surface area contributed by atoms with Crippen LogP contribution in [0.3, 0.4) is 0 Å². The standard InChI is InChI=1S/C27H30FN3O3S/c1-26(2,3)20-4-10-24(11-5-20)35(33,34)30-13-12-21-14-25-19(15-27(21,17-30)18-32)16-29-31(25)23-8-6-22(28)7-9-23/h4-11,14,16,32H,12-13,15,17-18H2,1-3H3. The van der Waals surface area contributed by atoms with E-state index in [1.54, 1.807) is 35.1 Å². The number of fused-ring (bicyclic) bond motifs is 2. The Morgan fingerprint density at radius 3 is 2.40 bits per heavy atom. The first-order valence-corrected chi connectivity index (χ1v) is 13.2. The number of rotatable bonds is 4. The van der Waals surface area contributed by atoms with Crippen LogP contribution in [-0.2, 0) is 21.9 Å². The minimum Gasteiger partial charge on any atom is -0.395 e. The fraction of sp³-hybridized carbons (Fsp3) is 0.370. The van der Waals surface area contributed by atoms with Gasteiger partial charge in [-0.25, -0.2) is 17.5 Å². The van der Waals surface area contributed by atoms with E-state index >= 15 is 0 Å². The molecule has 1 unspecified atom stereocenters. The highest BCUT2D eigenvalue weighted by Gasteiger charge is 2.45. The van der Waals surface area contributed by atoms with E-state index < -0.39 is 15.4 Å². The zero-order chi connectivity index (χ0) is 25.0. The first-order chi connectivity index (χ1) is 16.5. The summed E-state index contributed by atoms with van der Waals surface area (Å²) in [7, 11) is -3.70. The van der Waals surface area contributed by atoms with Crippen LogP contribution in [0.5, 0.6) is 0 Å². The first-order valence-electron chi connectivity index (χ1n) is 11.8. The largest absolute Gasteiger partial charge is 0.395 e. The third kappa shape index (κ3) is 4.13. The number of aliphatic hydroxyl groups excluding tert-OH is 1. The Kier molecular flexibility index (Phi) is 5.74. The van der Waals surface area contributed by atoms with Gasteiger partial charge in [-0.05, 0) is 71.9 Å². The minimum absolute atomic E-state index is 0.0633. The Balaban J connectivity index is 1.45. The number of halogens is 1. The highest BCUT2D eigenvalue weighted by Crippen LogP contribution is 2.45. The van der Waals surface area contributed by atoms with Gasteiger partial charge in [-0.15, -0.1) is 0 Å². The number of hydrogen-bond acceptors (Lipinski definition) is 4. The molecule has 1 aliphatic carbocycles. The summed E-state index contributed by atoms with van der Waals surface area (Å²) < 4.78 is 43.7. The second-order valence-electron chi connectivity index (χ2n) is 10.6. The summed E-state index contributed by atoms with van der Waals surface area (Å²) in [5.74, 6) is -0.311. The Morgan fingerprint density at radius 1 is 1.09 bits per heavy atom. The van der Waals surface area contributed by atoms with Gasteiger partial charge in [0.1, 0.15) is 5.82 Å². The zero-order valence-corrected chi connectivity index (χ0v) is 21.0.